The van der Waals surface area contributed by atoms with Gasteiger partial charge in [0.05, 0.1) is 12.0 Å². The summed E-state index contributed by atoms with van der Waals surface area (Å²) < 4.78 is 6.60. The number of hydrogen-bond donors (Lipinski definition) is 1. The van der Waals surface area contributed by atoms with Crippen LogP contribution < -0.4 is 5.84 Å². The number of rotatable bonds is 7. The Labute approximate surface area is 159 Å². The van der Waals surface area contributed by atoms with Crippen LogP contribution in [0.1, 0.15) is 5.56 Å². The Morgan fingerprint density at radius 2 is 2.04 bits per heavy atom. The van der Waals surface area contributed by atoms with Gasteiger partial charge in [-0.05, 0) is 36.1 Å². The standard InChI is InChI=1S/C17H19N5O2S2/c1-21(10-12-5-7-13(25-2)8-6-12)15(23)11-26-17-20-19-16(22(17)18)14-4-3-9-24-14/h3-9H,10-11,18H2,1-2H3. The van der Waals surface area contributed by atoms with Crippen LogP contribution in [0.5, 0.6) is 0 Å². The van der Waals surface area contributed by atoms with Crippen LogP contribution in [0.3, 0.4) is 0 Å². The van der Waals surface area contributed by atoms with Crippen LogP contribution in [0.2, 0.25) is 0 Å². The maximum absolute atomic E-state index is 12.4. The summed E-state index contributed by atoms with van der Waals surface area (Å²) >= 11 is 2.94. The lowest BCUT2D eigenvalue weighted by Crippen LogP contribution is -2.28. The van der Waals surface area contributed by atoms with Crippen molar-refractivity contribution in [3.63, 3.8) is 0 Å². The molecule has 2 N–H and O–H groups in total. The van der Waals surface area contributed by atoms with Gasteiger partial charge in [0.1, 0.15) is 0 Å². The lowest BCUT2D eigenvalue weighted by Gasteiger charge is -2.17. The van der Waals surface area contributed by atoms with E-state index in [0.29, 0.717) is 23.3 Å². The minimum atomic E-state index is -0.00788. The van der Waals surface area contributed by atoms with Gasteiger partial charge in [0, 0.05) is 18.5 Å². The van der Waals surface area contributed by atoms with Crippen LogP contribution in [0, 0.1) is 0 Å². The Hall–Kier alpha value is -2.39. The number of carbonyl (C=O) groups excluding carboxylic acids is 1. The molecule has 0 bridgehead atoms. The normalized spacial score (nSPS) is 10.8. The largest absolute Gasteiger partial charge is 0.461 e. The third-order valence-corrected chi connectivity index (χ3v) is 5.41. The van der Waals surface area contributed by atoms with E-state index < -0.39 is 0 Å². The number of hydrogen-bond acceptors (Lipinski definition) is 7. The van der Waals surface area contributed by atoms with Crippen LogP contribution in [0.25, 0.3) is 11.6 Å². The Bertz CT molecular complexity index is 862. The molecule has 0 saturated carbocycles. The molecule has 7 nitrogen and oxygen atoms in total. The van der Waals surface area contributed by atoms with Gasteiger partial charge in [-0.25, -0.2) is 4.68 Å². The van der Waals surface area contributed by atoms with Crippen molar-refractivity contribution in [1.29, 1.82) is 0 Å². The number of aromatic nitrogens is 3. The van der Waals surface area contributed by atoms with Crippen molar-refractivity contribution in [2.45, 2.75) is 16.6 Å². The van der Waals surface area contributed by atoms with Crippen LogP contribution in [0.15, 0.2) is 57.1 Å². The van der Waals surface area contributed by atoms with E-state index >= 15 is 0 Å². The van der Waals surface area contributed by atoms with Crippen molar-refractivity contribution in [3.05, 3.63) is 48.2 Å². The van der Waals surface area contributed by atoms with Crippen LogP contribution in [-0.2, 0) is 11.3 Å². The van der Waals surface area contributed by atoms with E-state index in [0.717, 1.165) is 5.56 Å². The van der Waals surface area contributed by atoms with Gasteiger partial charge < -0.3 is 15.2 Å². The van der Waals surface area contributed by atoms with Gasteiger partial charge in [0.25, 0.3) is 0 Å². The molecule has 0 saturated heterocycles. The summed E-state index contributed by atoms with van der Waals surface area (Å²) in [5.41, 5.74) is 1.09. The molecule has 0 aliphatic heterocycles. The molecular formula is C17H19N5O2S2. The van der Waals surface area contributed by atoms with E-state index in [9.17, 15) is 4.79 Å². The fraction of sp³-hybridized carbons (Fsp3) is 0.235. The predicted octanol–water partition coefficient (Wildman–Crippen LogP) is 2.72. The highest BCUT2D eigenvalue weighted by molar-refractivity contribution is 7.99. The molecule has 136 valence electrons. The number of carbonyl (C=O) groups is 1. The summed E-state index contributed by atoms with van der Waals surface area (Å²) in [4.78, 5) is 15.3. The molecule has 3 aromatic rings. The number of nitrogen functional groups attached to an aromatic ring is 1. The van der Waals surface area contributed by atoms with E-state index in [1.165, 1.54) is 21.3 Å². The Morgan fingerprint density at radius 1 is 1.27 bits per heavy atom. The quantitative estimate of drug-likeness (QED) is 0.491. The van der Waals surface area contributed by atoms with Crippen molar-refractivity contribution in [1.82, 2.24) is 19.8 Å². The van der Waals surface area contributed by atoms with Crippen molar-refractivity contribution in [2.75, 3.05) is 24.9 Å². The molecule has 2 heterocycles. The van der Waals surface area contributed by atoms with Gasteiger partial charge in [0.15, 0.2) is 5.76 Å². The molecule has 3 rings (SSSR count). The molecule has 1 amide bonds. The molecule has 0 fully saturated rings. The smallest absolute Gasteiger partial charge is 0.233 e. The zero-order valence-electron chi connectivity index (χ0n) is 14.5. The molecular weight excluding hydrogens is 370 g/mol. The van der Waals surface area contributed by atoms with Crippen LogP contribution >= 0.6 is 23.5 Å². The van der Waals surface area contributed by atoms with Crippen LogP contribution in [0.4, 0.5) is 0 Å². The number of nitrogens with two attached hydrogens (primary N) is 1. The van der Waals surface area contributed by atoms with Crippen molar-refractivity contribution >= 4 is 29.4 Å². The topological polar surface area (TPSA) is 90.2 Å². The summed E-state index contributed by atoms with van der Waals surface area (Å²) in [7, 11) is 1.78. The molecule has 0 aliphatic rings. The van der Waals surface area contributed by atoms with E-state index in [4.69, 9.17) is 10.3 Å². The fourth-order valence-corrected chi connectivity index (χ4v) is 3.48. The molecule has 9 heteroatoms. The second kappa shape index (κ2) is 8.33. The van der Waals surface area contributed by atoms with Gasteiger partial charge in [-0.3, -0.25) is 4.79 Å². The summed E-state index contributed by atoms with van der Waals surface area (Å²) in [5, 5.41) is 8.50. The molecule has 0 unspecified atom stereocenters. The van der Waals surface area contributed by atoms with E-state index in [1.807, 2.05) is 18.4 Å². The summed E-state index contributed by atoms with van der Waals surface area (Å²) in [6.07, 6.45) is 3.58. The molecule has 26 heavy (non-hydrogen) atoms. The monoisotopic (exact) mass is 389 g/mol. The number of benzene rings is 1. The lowest BCUT2D eigenvalue weighted by molar-refractivity contribution is -0.127. The SMILES string of the molecule is CSc1ccc(CN(C)C(=O)CSc2nnc(-c3ccco3)n2N)cc1. The van der Waals surface area contributed by atoms with Gasteiger partial charge in [-0.1, -0.05) is 23.9 Å². The lowest BCUT2D eigenvalue weighted by atomic mass is 10.2. The molecule has 2 aromatic heterocycles. The molecule has 0 spiro atoms. The minimum Gasteiger partial charge on any atom is -0.461 e. The third-order valence-electron chi connectivity index (χ3n) is 3.74. The van der Waals surface area contributed by atoms with Gasteiger partial charge in [0.2, 0.25) is 16.9 Å². The molecule has 0 radical (unpaired) electrons. The second-order valence-electron chi connectivity index (χ2n) is 5.54. The Balaban J connectivity index is 1.56. The van der Waals surface area contributed by atoms with E-state index in [1.54, 1.807) is 42.1 Å². The number of amides is 1. The highest BCUT2D eigenvalue weighted by atomic mass is 32.2. The zero-order chi connectivity index (χ0) is 18.5. The van der Waals surface area contributed by atoms with E-state index in [-0.39, 0.29) is 11.7 Å². The third kappa shape index (κ3) is 4.23. The van der Waals surface area contributed by atoms with Gasteiger partial charge in [-0.15, -0.1) is 22.0 Å². The van der Waals surface area contributed by atoms with Crippen molar-refractivity contribution < 1.29 is 9.21 Å². The summed E-state index contributed by atoms with van der Waals surface area (Å²) in [5.74, 6) is 7.17. The molecule has 1 aromatic carbocycles. The zero-order valence-corrected chi connectivity index (χ0v) is 16.1. The fourth-order valence-electron chi connectivity index (χ4n) is 2.28. The predicted molar refractivity (Wildman–Crippen MR) is 103 cm³/mol. The second-order valence-corrected chi connectivity index (χ2v) is 7.36. The number of thioether (sulfide) groups is 2. The van der Waals surface area contributed by atoms with Crippen LogP contribution in [-0.4, -0.2) is 44.7 Å². The Morgan fingerprint density at radius 3 is 2.69 bits per heavy atom. The maximum atomic E-state index is 12.4. The first kappa shape index (κ1) is 18.4. The van der Waals surface area contributed by atoms with E-state index in [2.05, 4.69) is 22.3 Å². The van der Waals surface area contributed by atoms with Gasteiger partial charge >= 0.3 is 0 Å². The van der Waals surface area contributed by atoms with Crippen molar-refractivity contribution in [3.8, 4) is 11.6 Å². The Kier molecular flexibility index (Phi) is 5.89. The first-order valence-corrected chi connectivity index (χ1v) is 10.0. The maximum Gasteiger partial charge on any atom is 0.233 e. The average Bonchev–Trinajstić information content (AvgIpc) is 3.30. The summed E-state index contributed by atoms with van der Waals surface area (Å²) in [6.45, 7) is 0.557. The summed E-state index contributed by atoms with van der Waals surface area (Å²) in [6, 6.07) is 11.7. The first-order chi connectivity index (χ1) is 12.6. The molecule has 0 aliphatic carbocycles. The van der Waals surface area contributed by atoms with Gasteiger partial charge in [-0.2, -0.15) is 0 Å². The number of furan rings is 1. The average molecular weight is 390 g/mol. The van der Waals surface area contributed by atoms with Crippen molar-refractivity contribution in [2.24, 2.45) is 0 Å². The highest BCUT2D eigenvalue weighted by Crippen LogP contribution is 2.22. The first-order valence-electron chi connectivity index (χ1n) is 7.82. The highest BCUT2D eigenvalue weighted by Gasteiger charge is 2.17. The molecule has 0 atom stereocenters. The number of nitrogens with zero attached hydrogens (tertiary/aromatic N) is 4. The minimum absolute atomic E-state index is 0.00788.